The standard InChI is InChI=1S/C19H16N4OS/c1-13-2-4-14(5-3-13)17-11-23-16(12-25-19(23)22-17)10-18(24)21-15-6-8-20-9-7-15/h2-9,11-12H,10H2,1H3,(H,20,21,24). The van der Waals surface area contributed by atoms with E-state index in [1.165, 1.54) is 5.56 Å². The van der Waals surface area contributed by atoms with Crippen LogP contribution in [0, 0.1) is 6.92 Å². The minimum atomic E-state index is -0.0588. The summed E-state index contributed by atoms with van der Waals surface area (Å²) in [7, 11) is 0. The molecule has 0 spiro atoms. The van der Waals surface area contributed by atoms with Crippen molar-refractivity contribution in [1.29, 1.82) is 0 Å². The molecule has 124 valence electrons. The molecule has 25 heavy (non-hydrogen) atoms. The van der Waals surface area contributed by atoms with Gasteiger partial charge in [0.1, 0.15) is 0 Å². The van der Waals surface area contributed by atoms with Crippen LogP contribution in [0.15, 0.2) is 60.4 Å². The molecule has 0 aliphatic rings. The molecule has 6 heteroatoms. The molecule has 0 bridgehead atoms. The van der Waals surface area contributed by atoms with E-state index in [9.17, 15) is 4.79 Å². The predicted octanol–water partition coefficient (Wildman–Crippen LogP) is 3.95. The molecule has 0 saturated heterocycles. The number of nitrogens with one attached hydrogen (secondary N) is 1. The molecule has 0 saturated carbocycles. The Morgan fingerprint density at radius 1 is 1.16 bits per heavy atom. The van der Waals surface area contributed by atoms with Crippen LogP contribution in [-0.4, -0.2) is 20.3 Å². The number of nitrogens with zero attached hydrogens (tertiary/aromatic N) is 3. The zero-order valence-electron chi connectivity index (χ0n) is 13.6. The largest absolute Gasteiger partial charge is 0.326 e. The topological polar surface area (TPSA) is 59.3 Å². The normalized spacial score (nSPS) is 10.9. The van der Waals surface area contributed by atoms with Crippen molar-refractivity contribution in [3.8, 4) is 11.3 Å². The number of anilines is 1. The van der Waals surface area contributed by atoms with Crippen molar-refractivity contribution in [1.82, 2.24) is 14.4 Å². The van der Waals surface area contributed by atoms with Gasteiger partial charge in [-0.05, 0) is 19.1 Å². The van der Waals surface area contributed by atoms with E-state index >= 15 is 0 Å². The highest BCUT2D eigenvalue weighted by molar-refractivity contribution is 7.15. The van der Waals surface area contributed by atoms with Crippen molar-refractivity contribution >= 4 is 27.9 Å². The van der Waals surface area contributed by atoms with Gasteiger partial charge in [-0.15, -0.1) is 11.3 Å². The number of carbonyl (C=O) groups is 1. The number of pyridine rings is 1. The highest BCUT2D eigenvalue weighted by Crippen LogP contribution is 2.24. The van der Waals surface area contributed by atoms with Crippen molar-refractivity contribution in [3.63, 3.8) is 0 Å². The van der Waals surface area contributed by atoms with Gasteiger partial charge in [-0.1, -0.05) is 29.8 Å². The van der Waals surface area contributed by atoms with Crippen molar-refractivity contribution in [2.45, 2.75) is 13.3 Å². The molecule has 0 aliphatic carbocycles. The average molecular weight is 348 g/mol. The molecule has 3 heterocycles. The molecule has 3 aromatic heterocycles. The molecule has 4 aromatic rings. The zero-order chi connectivity index (χ0) is 17.2. The van der Waals surface area contributed by atoms with Crippen molar-refractivity contribution < 1.29 is 4.79 Å². The van der Waals surface area contributed by atoms with E-state index in [2.05, 4.69) is 46.5 Å². The lowest BCUT2D eigenvalue weighted by Gasteiger charge is -2.04. The maximum Gasteiger partial charge on any atom is 0.230 e. The molecule has 0 aliphatic heterocycles. The summed E-state index contributed by atoms with van der Waals surface area (Å²) >= 11 is 1.54. The lowest BCUT2D eigenvalue weighted by molar-refractivity contribution is -0.115. The molecule has 0 atom stereocenters. The third-order valence-corrected chi connectivity index (χ3v) is 4.83. The Morgan fingerprint density at radius 2 is 1.92 bits per heavy atom. The Kier molecular flexibility index (Phi) is 4.03. The first kappa shape index (κ1) is 15.5. The molecule has 0 unspecified atom stereocenters. The first-order valence-corrected chi connectivity index (χ1v) is 8.79. The lowest BCUT2D eigenvalue weighted by atomic mass is 10.1. The van der Waals surface area contributed by atoms with Crippen molar-refractivity contribution in [2.75, 3.05) is 5.32 Å². The zero-order valence-corrected chi connectivity index (χ0v) is 14.5. The van der Waals surface area contributed by atoms with Gasteiger partial charge in [0.15, 0.2) is 4.96 Å². The van der Waals surface area contributed by atoms with E-state index in [0.29, 0.717) is 6.42 Å². The third kappa shape index (κ3) is 3.29. The van der Waals surface area contributed by atoms with Gasteiger partial charge in [0.2, 0.25) is 5.91 Å². The number of benzene rings is 1. The minimum Gasteiger partial charge on any atom is -0.326 e. The molecule has 0 fully saturated rings. The van der Waals surface area contributed by atoms with Gasteiger partial charge in [-0.3, -0.25) is 14.2 Å². The number of imidazole rings is 1. The predicted molar refractivity (Wildman–Crippen MR) is 99.8 cm³/mol. The van der Waals surface area contributed by atoms with Crippen LogP contribution in [0.2, 0.25) is 0 Å². The maximum absolute atomic E-state index is 12.3. The molecule has 5 nitrogen and oxygen atoms in total. The second-order valence-electron chi connectivity index (χ2n) is 5.83. The van der Waals surface area contributed by atoms with Crippen LogP contribution >= 0.6 is 11.3 Å². The average Bonchev–Trinajstić information content (AvgIpc) is 3.18. The quantitative estimate of drug-likeness (QED) is 0.607. The Hall–Kier alpha value is -2.99. The summed E-state index contributed by atoms with van der Waals surface area (Å²) in [6.07, 6.45) is 5.60. The van der Waals surface area contributed by atoms with E-state index in [0.717, 1.165) is 27.6 Å². The molecular formula is C19H16N4OS. The summed E-state index contributed by atoms with van der Waals surface area (Å²) in [4.78, 5) is 21.8. The number of fused-ring (bicyclic) bond motifs is 1. The smallest absolute Gasteiger partial charge is 0.230 e. The Morgan fingerprint density at radius 3 is 2.68 bits per heavy atom. The number of rotatable bonds is 4. The van der Waals surface area contributed by atoms with E-state index in [4.69, 9.17) is 0 Å². The van der Waals surface area contributed by atoms with Crippen LogP contribution in [0.4, 0.5) is 5.69 Å². The van der Waals surface area contributed by atoms with Gasteiger partial charge in [0, 0.05) is 40.9 Å². The lowest BCUT2D eigenvalue weighted by Crippen LogP contribution is -2.15. The Bertz CT molecular complexity index is 1020. The monoisotopic (exact) mass is 348 g/mol. The highest BCUT2D eigenvalue weighted by Gasteiger charge is 2.12. The first-order chi connectivity index (χ1) is 12.2. The van der Waals surface area contributed by atoms with Gasteiger partial charge in [-0.2, -0.15) is 0 Å². The van der Waals surface area contributed by atoms with Crippen LogP contribution in [0.5, 0.6) is 0 Å². The summed E-state index contributed by atoms with van der Waals surface area (Å²) in [6, 6.07) is 11.8. The molecule has 1 N–H and O–H groups in total. The Labute approximate surface area is 149 Å². The van der Waals surface area contributed by atoms with Crippen LogP contribution in [-0.2, 0) is 11.2 Å². The van der Waals surface area contributed by atoms with Gasteiger partial charge < -0.3 is 5.32 Å². The fourth-order valence-electron chi connectivity index (χ4n) is 2.62. The fourth-order valence-corrected chi connectivity index (χ4v) is 3.50. The van der Waals surface area contributed by atoms with E-state index in [1.54, 1.807) is 35.9 Å². The van der Waals surface area contributed by atoms with Crippen molar-refractivity contribution in [2.24, 2.45) is 0 Å². The minimum absolute atomic E-state index is 0.0588. The number of hydrogen-bond acceptors (Lipinski definition) is 4. The number of carbonyl (C=O) groups excluding carboxylic acids is 1. The summed E-state index contributed by atoms with van der Waals surface area (Å²) in [5.41, 5.74) is 4.89. The van der Waals surface area contributed by atoms with Gasteiger partial charge in [0.05, 0.1) is 12.1 Å². The van der Waals surface area contributed by atoms with E-state index in [-0.39, 0.29) is 5.91 Å². The highest BCUT2D eigenvalue weighted by atomic mass is 32.1. The van der Waals surface area contributed by atoms with Crippen LogP contribution < -0.4 is 5.32 Å². The third-order valence-electron chi connectivity index (χ3n) is 3.94. The fraction of sp³-hybridized carbons (Fsp3) is 0.105. The number of aryl methyl sites for hydroxylation is 1. The molecule has 1 amide bonds. The summed E-state index contributed by atoms with van der Waals surface area (Å²) in [5, 5.41) is 4.86. The SMILES string of the molecule is Cc1ccc(-c2cn3c(CC(=O)Nc4ccncc4)csc3n2)cc1. The molecule has 0 radical (unpaired) electrons. The molecule has 4 rings (SSSR count). The van der Waals surface area contributed by atoms with Gasteiger partial charge in [0.25, 0.3) is 0 Å². The first-order valence-electron chi connectivity index (χ1n) is 7.91. The Balaban J connectivity index is 1.56. The number of aromatic nitrogens is 3. The van der Waals surface area contributed by atoms with Crippen molar-refractivity contribution in [3.05, 3.63) is 71.6 Å². The van der Waals surface area contributed by atoms with Gasteiger partial charge in [-0.25, -0.2) is 4.98 Å². The number of amides is 1. The summed E-state index contributed by atoms with van der Waals surface area (Å²) < 4.78 is 1.99. The summed E-state index contributed by atoms with van der Waals surface area (Å²) in [6.45, 7) is 2.06. The second kappa shape index (κ2) is 6.49. The number of hydrogen-bond donors (Lipinski definition) is 1. The van der Waals surface area contributed by atoms with Gasteiger partial charge >= 0.3 is 0 Å². The van der Waals surface area contributed by atoms with E-state index < -0.39 is 0 Å². The summed E-state index contributed by atoms with van der Waals surface area (Å²) in [5.74, 6) is -0.0588. The molecular weight excluding hydrogens is 332 g/mol. The number of thiazole rings is 1. The van der Waals surface area contributed by atoms with E-state index in [1.807, 2.05) is 16.0 Å². The van der Waals surface area contributed by atoms with Crippen LogP contribution in [0.25, 0.3) is 16.2 Å². The van der Waals surface area contributed by atoms with Crippen LogP contribution in [0.3, 0.4) is 0 Å². The second-order valence-corrected chi connectivity index (χ2v) is 6.67. The van der Waals surface area contributed by atoms with Crippen LogP contribution in [0.1, 0.15) is 11.3 Å². The molecule has 1 aromatic carbocycles. The maximum atomic E-state index is 12.3.